The first-order chi connectivity index (χ1) is 14.5. The summed E-state index contributed by atoms with van der Waals surface area (Å²) in [6.07, 6.45) is 0. The summed E-state index contributed by atoms with van der Waals surface area (Å²) >= 11 is 8.02. The highest BCUT2D eigenvalue weighted by molar-refractivity contribution is 14.1. The van der Waals surface area contributed by atoms with Crippen LogP contribution in [0.4, 0.5) is 5.69 Å². The van der Waals surface area contributed by atoms with Crippen LogP contribution < -0.4 is 5.73 Å². The van der Waals surface area contributed by atoms with E-state index in [0.717, 1.165) is 5.69 Å². The molecular formula is C25H18INS3. The molecule has 0 saturated carbocycles. The fourth-order valence-corrected chi connectivity index (χ4v) is 9.66. The third kappa shape index (κ3) is 2.38. The fraction of sp³-hybridized carbons (Fsp3) is 0.120. The lowest BCUT2D eigenvalue weighted by Gasteiger charge is -2.33. The van der Waals surface area contributed by atoms with Gasteiger partial charge in [0.15, 0.2) is 0 Å². The van der Waals surface area contributed by atoms with Crippen molar-refractivity contribution in [2.75, 3.05) is 5.73 Å². The van der Waals surface area contributed by atoms with E-state index in [1.165, 1.54) is 54.7 Å². The Labute approximate surface area is 201 Å². The molecule has 0 bridgehead atoms. The van der Waals surface area contributed by atoms with Crippen molar-refractivity contribution >= 4 is 71.7 Å². The molecule has 2 N–H and O–H groups in total. The molecule has 0 spiro atoms. The number of fused-ring (bicyclic) bond motifs is 5. The lowest BCUT2D eigenvalue weighted by molar-refractivity contribution is 0.779. The van der Waals surface area contributed by atoms with E-state index in [4.69, 9.17) is 5.73 Å². The zero-order chi connectivity index (χ0) is 20.6. The zero-order valence-corrected chi connectivity index (χ0v) is 21.1. The van der Waals surface area contributed by atoms with Gasteiger partial charge in [-0.1, -0.05) is 60.2 Å². The van der Waals surface area contributed by atoms with E-state index in [1.54, 1.807) is 0 Å². The quantitative estimate of drug-likeness (QED) is 0.214. The summed E-state index contributed by atoms with van der Waals surface area (Å²) in [4.78, 5) is 4.17. The first-order valence-corrected chi connectivity index (χ1v) is 13.3. The van der Waals surface area contributed by atoms with E-state index < -0.39 is 0 Å². The Morgan fingerprint density at radius 3 is 2.23 bits per heavy atom. The largest absolute Gasteiger partial charge is 0.396 e. The second-order valence-electron chi connectivity index (χ2n) is 7.84. The van der Waals surface area contributed by atoms with Gasteiger partial charge in [-0.3, -0.25) is 0 Å². The van der Waals surface area contributed by atoms with E-state index in [2.05, 4.69) is 97.1 Å². The Kier molecular flexibility index (Phi) is 4.23. The minimum absolute atomic E-state index is 0.303. The summed E-state index contributed by atoms with van der Waals surface area (Å²) in [6.45, 7) is 4.38. The van der Waals surface area contributed by atoms with E-state index >= 15 is 0 Å². The highest BCUT2D eigenvalue weighted by Crippen LogP contribution is 2.64. The van der Waals surface area contributed by atoms with Crippen LogP contribution in [0.25, 0.3) is 19.2 Å². The van der Waals surface area contributed by atoms with Crippen LogP contribution in [-0.4, -0.2) is 0 Å². The van der Waals surface area contributed by atoms with Crippen LogP contribution in [-0.2, 0) is 5.41 Å². The van der Waals surface area contributed by atoms with Gasteiger partial charge in [0.05, 0.1) is 28.3 Å². The third-order valence-corrected chi connectivity index (χ3v) is 10.9. The molecular weight excluding hydrogens is 537 g/mol. The van der Waals surface area contributed by atoms with Crippen LogP contribution >= 0.6 is 56.6 Å². The number of hydrogen-bond donors (Lipinski definition) is 1. The van der Waals surface area contributed by atoms with Gasteiger partial charge in [0.25, 0.3) is 0 Å². The van der Waals surface area contributed by atoms with Crippen LogP contribution in [0.2, 0.25) is 0 Å². The van der Waals surface area contributed by atoms with Gasteiger partial charge in [-0.05, 0) is 59.2 Å². The van der Waals surface area contributed by atoms with Crippen molar-refractivity contribution in [2.24, 2.45) is 0 Å². The topological polar surface area (TPSA) is 26.0 Å². The van der Waals surface area contributed by atoms with Crippen molar-refractivity contribution in [1.29, 1.82) is 0 Å². The molecule has 6 rings (SSSR count). The number of rotatable bonds is 2. The first kappa shape index (κ1) is 19.0. The van der Waals surface area contributed by atoms with Gasteiger partial charge in [0.1, 0.15) is 0 Å². The van der Waals surface area contributed by atoms with Crippen molar-refractivity contribution < 1.29 is 0 Å². The Hall–Kier alpha value is -1.67. The molecule has 3 heterocycles. The molecule has 0 aliphatic heterocycles. The van der Waals surface area contributed by atoms with Gasteiger partial charge in [0, 0.05) is 15.3 Å². The molecule has 5 aromatic rings. The number of hydrogen-bond acceptors (Lipinski definition) is 4. The number of nitrogen functional groups attached to an aromatic ring is 1. The van der Waals surface area contributed by atoms with Gasteiger partial charge < -0.3 is 5.73 Å². The molecule has 1 unspecified atom stereocenters. The average molecular weight is 556 g/mol. The lowest BCUT2D eigenvalue weighted by atomic mass is 9.68. The molecule has 1 aliphatic rings. The second-order valence-corrected chi connectivity index (χ2v) is 12.9. The smallest absolute Gasteiger partial charge is 0.0904 e. The maximum Gasteiger partial charge on any atom is 0.0904 e. The Morgan fingerprint density at radius 1 is 0.800 bits per heavy atom. The van der Waals surface area contributed by atoms with Gasteiger partial charge >= 0.3 is 0 Å². The Bertz CT molecular complexity index is 1420. The molecule has 0 amide bonds. The predicted octanol–water partition coefficient (Wildman–Crippen LogP) is 8.19. The summed E-state index contributed by atoms with van der Waals surface area (Å²) < 4.78 is 3.79. The van der Waals surface area contributed by atoms with Crippen LogP contribution in [0.5, 0.6) is 0 Å². The average Bonchev–Trinajstić information content (AvgIpc) is 3.44. The van der Waals surface area contributed by atoms with Crippen LogP contribution in [0.15, 0.2) is 60.7 Å². The van der Waals surface area contributed by atoms with Crippen molar-refractivity contribution in [3.63, 3.8) is 0 Å². The number of nitrogens with two attached hydrogens (primary N) is 1. The van der Waals surface area contributed by atoms with E-state index in [-0.39, 0.29) is 5.41 Å². The lowest BCUT2D eigenvalue weighted by Crippen LogP contribution is -2.28. The van der Waals surface area contributed by atoms with Crippen LogP contribution in [0.1, 0.15) is 32.7 Å². The highest BCUT2D eigenvalue weighted by atomic mass is 127. The number of anilines is 1. The van der Waals surface area contributed by atoms with Crippen molar-refractivity contribution in [3.05, 3.63) is 96.2 Å². The summed E-state index contributed by atoms with van der Waals surface area (Å²) in [7, 11) is 0. The Balaban J connectivity index is 1.84. The Morgan fingerprint density at radius 2 is 1.50 bits per heavy atom. The fourth-order valence-electron chi connectivity index (χ4n) is 4.78. The number of halogens is 1. The summed E-state index contributed by atoms with van der Waals surface area (Å²) in [5.74, 6) is 0. The van der Waals surface area contributed by atoms with Gasteiger partial charge in [-0.25, -0.2) is 0 Å². The molecule has 148 valence electrons. The minimum Gasteiger partial charge on any atom is -0.396 e. The summed E-state index contributed by atoms with van der Waals surface area (Å²) in [6, 6.07) is 22.6. The normalized spacial score (nSPS) is 17.4. The standard InChI is InChI=1S/C25H18INS3/c1-13-8-10-16(11-9-13)25(15-6-4-3-5-7-15)17-12-14(2)28-20(17)21-18(25)22-23(29-21)19(27)24(26)30-22/h3-12H,27H2,1-2H3. The second kappa shape index (κ2) is 6.66. The summed E-state index contributed by atoms with van der Waals surface area (Å²) in [5.41, 5.74) is 14.0. The number of aryl methyl sites for hydroxylation is 2. The molecule has 0 saturated heterocycles. The predicted molar refractivity (Wildman–Crippen MR) is 141 cm³/mol. The SMILES string of the molecule is Cc1ccc(C2(c3ccccc3)c3cc(C)sc3-c3sc4c(N)c(I)sc4c32)cc1. The van der Waals surface area contributed by atoms with Crippen molar-refractivity contribution in [3.8, 4) is 9.75 Å². The molecule has 2 aromatic carbocycles. The molecule has 0 fully saturated rings. The molecule has 3 aromatic heterocycles. The molecule has 1 nitrogen and oxygen atoms in total. The van der Waals surface area contributed by atoms with E-state index in [1.807, 2.05) is 34.0 Å². The zero-order valence-electron chi connectivity index (χ0n) is 16.5. The third-order valence-electron chi connectivity index (χ3n) is 6.04. The number of benzene rings is 2. The highest BCUT2D eigenvalue weighted by Gasteiger charge is 2.50. The summed E-state index contributed by atoms with van der Waals surface area (Å²) in [5, 5.41) is 0. The van der Waals surface area contributed by atoms with E-state index in [9.17, 15) is 0 Å². The van der Waals surface area contributed by atoms with Crippen LogP contribution in [0, 0.1) is 16.7 Å². The van der Waals surface area contributed by atoms with Gasteiger partial charge in [0.2, 0.25) is 0 Å². The monoisotopic (exact) mass is 555 g/mol. The maximum atomic E-state index is 6.53. The molecule has 0 radical (unpaired) electrons. The van der Waals surface area contributed by atoms with E-state index in [0.29, 0.717) is 0 Å². The number of thiophene rings is 3. The molecule has 30 heavy (non-hydrogen) atoms. The maximum absolute atomic E-state index is 6.53. The van der Waals surface area contributed by atoms with Crippen LogP contribution in [0.3, 0.4) is 0 Å². The molecule has 5 heteroatoms. The molecule has 1 aliphatic carbocycles. The minimum atomic E-state index is -0.303. The van der Waals surface area contributed by atoms with Crippen molar-refractivity contribution in [1.82, 2.24) is 0 Å². The van der Waals surface area contributed by atoms with Crippen molar-refractivity contribution in [2.45, 2.75) is 19.3 Å². The first-order valence-electron chi connectivity index (χ1n) is 9.76. The van der Waals surface area contributed by atoms with Gasteiger partial charge in [-0.15, -0.1) is 34.0 Å². The van der Waals surface area contributed by atoms with Gasteiger partial charge in [-0.2, -0.15) is 0 Å². The molecule has 1 atom stereocenters.